The Hall–Kier alpha value is -3.65. The van der Waals surface area contributed by atoms with Gasteiger partial charge in [0.1, 0.15) is 18.1 Å². The second kappa shape index (κ2) is 9.01. The van der Waals surface area contributed by atoms with Crippen LogP contribution in [0.4, 0.5) is 5.69 Å². The molecular formula is C23H21N3O4S. The largest absolute Gasteiger partial charge is 0.494 e. The monoisotopic (exact) mass is 435 g/mol. The van der Waals surface area contributed by atoms with Gasteiger partial charge in [-0.25, -0.2) is 4.98 Å². The van der Waals surface area contributed by atoms with Crippen molar-refractivity contribution >= 4 is 27.9 Å². The number of anilines is 1. The van der Waals surface area contributed by atoms with Crippen molar-refractivity contribution in [2.75, 3.05) is 11.9 Å². The first kappa shape index (κ1) is 20.6. The third-order valence-electron chi connectivity index (χ3n) is 4.54. The Balaban J connectivity index is 1.51. The molecule has 2 heterocycles. The summed E-state index contributed by atoms with van der Waals surface area (Å²) in [4.78, 5) is 29.9. The molecule has 2 aromatic heterocycles. The number of carbonyl (C=O) groups is 1. The van der Waals surface area contributed by atoms with Gasteiger partial charge < -0.3 is 14.8 Å². The van der Waals surface area contributed by atoms with E-state index < -0.39 is 0 Å². The van der Waals surface area contributed by atoms with Gasteiger partial charge >= 0.3 is 0 Å². The fourth-order valence-corrected chi connectivity index (χ4v) is 3.78. The number of hydrogen-bond acceptors (Lipinski definition) is 6. The molecule has 0 unspecified atom stereocenters. The van der Waals surface area contributed by atoms with Crippen molar-refractivity contribution in [3.63, 3.8) is 0 Å². The normalized spacial score (nSPS) is 10.8. The van der Waals surface area contributed by atoms with Crippen molar-refractivity contribution in [1.29, 1.82) is 0 Å². The lowest BCUT2D eigenvalue weighted by Gasteiger charge is -2.13. The quantitative estimate of drug-likeness (QED) is 0.468. The summed E-state index contributed by atoms with van der Waals surface area (Å²) in [5, 5.41) is 4.71. The Morgan fingerprint density at radius 2 is 1.94 bits per heavy atom. The molecule has 4 aromatic rings. The van der Waals surface area contributed by atoms with Crippen molar-refractivity contribution < 1.29 is 14.3 Å². The summed E-state index contributed by atoms with van der Waals surface area (Å²) >= 11 is 1.38. The van der Waals surface area contributed by atoms with Gasteiger partial charge in [-0.2, -0.15) is 0 Å². The summed E-state index contributed by atoms with van der Waals surface area (Å²) in [6.45, 7) is 4.52. The highest BCUT2D eigenvalue weighted by Gasteiger charge is 2.12. The number of ether oxygens (including phenoxy) is 2. The van der Waals surface area contributed by atoms with Crippen LogP contribution in [0.2, 0.25) is 0 Å². The summed E-state index contributed by atoms with van der Waals surface area (Å²) in [5.41, 5.74) is 2.40. The molecule has 0 saturated heterocycles. The molecule has 0 bridgehead atoms. The van der Waals surface area contributed by atoms with E-state index in [1.807, 2.05) is 31.4 Å². The second-order valence-corrected chi connectivity index (χ2v) is 7.71. The highest BCUT2D eigenvalue weighted by atomic mass is 32.1. The lowest BCUT2D eigenvalue weighted by molar-refractivity contribution is 0.102. The van der Waals surface area contributed by atoms with E-state index >= 15 is 0 Å². The minimum atomic E-state index is -0.255. The molecule has 1 N–H and O–H groups in total. The molecule has 0 atom stereocenters. The first-order valence-electron chi connectivity index (χ1n) is 9.77. The Bertz CT molecular complexity index is 1280. The molecule has 0 radical (unpaired) electrons. The first-order chi connectivity index (χ1) is 15.0. The van der Waals surface area contributed by atoms with Crippen LogP contribution in [0.5, 0.6) is 11.5 Å². The summed E-state index contributed by atoms with van der Waals surface area (Å²) in [6.07, 6.45) is 1.69. The molecule has 8 heteroatoms. The molecule has 1 amide bonds. The first-order valence-corrected chi connectivity index (χ1v) is 10.6. The van der Waals surface area contributed by atoms with Crippen molar-refractivity contribution in [2.24, 2.45) is 0 Å². The van der Waals surface area contributed by atoms with E-state index in [4.69, 9.17) is 9.47 Å². The highest BCUT2D eigenvalue weighted by molar-refractivity contribution is 7.15. The number of hydrogen-bond donors (Lipinski definition) is 1. The molecular weight excluding hydrogens is 414 g/mol. The molecule has 4 rings (SSSR count). The van der Waals surface area contributed by atoms with Gasteiger partial charge in [-0.05, 0) is 55.8 Å². The van der Waals surface area contributed by atoms with Gasteiger partial charge in [0.25, 0.3) is 11.5 Å². The lowest BCUT2D eigenvalue weighted by Crippen LogP contribution is -2.15. The van der Waals surface area contributed by atoms with Crippen molar-refractivity contribution in [2.45, 2.75) is 20.5 Å². The topological polar surface area (TPSA) is 81.9 Å². The number of rotatable bonds is 7. The zero-order valence-electron chi connectivity index (χ0n) is 17.1. The second-order valence-electron chi connectivity index (χ2n) is 6.84. The molecule has 0 aliphatic rings. The maximum atomic E-state index is 12.7. The fraction of sp³-hybridized carbons (Fsp3) is 0.174. The Kier molecular flexibility index (Phi) is 5.99. The van der Waals surface area contributed by atoms with E-state index in [0.717, 1.165) is 5.56 Å². The average molecular weight is 436 g/mol. The predicted molar refractivity (Wildman–Crippen MR) is 120 cm³/mol. The van der Waals surface area contributed by atoms with Gasteiger partial charge in [0.05, 0.1) is 18.0 Å². The molecule has 31 heavy (non-hydrogen) atoms. The SMILES string of the molecule is CCOc1ccc(C(=O)Nc2cc(C)ccc2OCc2cc(=O)n3ccsc3n2)cc1. The van der Waals surface area contributed by atoms with Crippen molar-refractivity contribution in [1.82, 2.24) is 9.38 Å². The molecule has 158 valence electrons. The number of aryl methyl sites for hydroxylation is 1. The van der Waals surface area contributed by atoms with Crippen LogP contribution in [0.1, 0.15) is 28.5 Å². The van der Waals surface area contributed by atoms with E-state index in [0.29, 0.717) is 40.0 Å². The highest BCUT2D eigenvalue weighted by Crippen LogP contribution is 2.27. The Labute approximate surface area is 182 Å². The minimum absolute atomic E-state index is 0.110. The van der Waals surface area contributed by atoms with E-state index in [-0.39, 0.29) is 18.1 Å². The Morgan fingerprint density at radius 1 is 1.13 bits per heavy atom. The average Bonchev–Trinajstić information content (AvgIpc) is 3.23. The summed E-state index contributed by atoms with van der Waals surface area (Å²) < 4.78 is 12.8. The number of aromatic nitrogens is 2. The summed E-state index contributed by atoms with van der Waals surface area (Å²) in [7, 11) is 0. The van der Waals surface area contributed by atoms with Crippen molar-refractivity contribution in [3.05, 3.63) is 87.3 Å². The molecule has 0 saturated carbocycles. The van der Waals surface area contributed by atoms with Gasteiger partial charge in [-0.3, -0.25) is 14.0 Å². The number of benzene rings is 2. The van der Waals surface area contributed by atoms with Crippen LogP contribution in [-0.4, -0.2) is 21.9 Å². The van der Waals surface area contributed by atoms with Crippen LogP contribution in [0.3, 0.4) is 0 Å². The molecule has 0 fully saturated rings. The number of carbonyl (C=O) groups excluding carboxylic acids is 1. The summed E-state index contributed by atoms with van der Waals surface area (Å²) in [5.74, 6) is 0.956. The van der Waals surface area contributed by atoms with E-state index in [9.17, 15) is 9.59 Å². The van der Waals surface area contributed by atoms with Crippen LogP contribution >= 0.6 is 11.3 Å². The van der Waals surface area contributed by atoms with Crippen LogP contribution in [0, 0.1) is 6.92 Å². The minimum Gasteiger partial charge on any atom is -0.494 e. The zero-order valence-corrected chi connectivity index (χ0v) is 17.9. The zero-order chi connectivity index (χ0) is 21.8. The number of nitrogens with one attached hydrogen (secondary N) is 1. The van der Waals surface area contributed by atoms with Gasteiger partial charge in [0, 0.05) is 23.2 Å². The summed E-state index contributed by atoms with van der Waals surface area (Å²) in [6, 6.07) is 13.9. The molecule has 0 aliphatic carbocycles. The number of fused-ring (bicyclic) bond motifs is 1. The molecule has 7 nitrogen and oxygen atoms in total. The Morgan fingerprint density at radius 3 is 2.71 bits per heavy atom. The maximum absolute atomic E-state index is 12.7. The van der Waals surface area contributed by atoms with E-state index in [2.05, 4.69) is 10.3 Å². The van der Waals surface area contributed by atoms with Crippen LogP contribution in [-0.2, 0) is 6.61 Å². The third kappa shape index (κ3) is 4.75. The van der Waals surface area contributed by atoms with Crippen LogP contribution in [0.15, 0.2) is 64.9 Å². The van der Waals surface area contributed by atoms with E-state index in [1.54, 1.807) is 36.5 Å². The van der Waals surface area contributed by atoms with Gasteiger partial charge in [-0.1, -0.05) is 6.07 Å². The molecule has 0 aliphatic heterocycles. The fourth-order valence-electron chi connectivity index (χ4n) is 3.04. The standard InChI is InChI=1S/C23H21N3O4S/c1-3-29-18-7-5-16(6-8-18)22(28)25-19-12-15(2)4-9-20(19)30-14-17-13-21(27)26-10-11-31-23(26)24-17/h4-13H,3,14H2,1-2H3,(H,25,28). The number of thiazole rings is 1. The lowest BCUT2D eigenvalue weighted by atomic mass is 10.1. The van der Waals surface area contributed by atoms with Crippen LogP contribution in [0.25, 0.3) is 4.96 Å². The third-order valence-corrected chi connectivity index (χ3v) is 5.30. The molecule has 0 spiro atoms. The smallest absolute Gasteiger partial charge is 0.258 e. The number of amides is 1. The molecule has 2 aromatic carbocycles. The number of nitrogens with zero attached hydrogens (tertiary/aromatic N) is 2. The maximum Gasteiger partial charge on any atom is 0.258 e. The predicted octanol–water partition coefficient (Wildman–Crippen LogP) is 4.29. The van der Waals surface area contributed by atoms with Crippen molar-refractivity contribution in [3.8, 4) is 11.5 Å². The van der Waals surface area contributed by atoms with Gasteiger partial charge in [0.2, 0.25) is 0 Å². The van der Waals surface area contributed by atoms with Gasteiger partial charge in [-0.15, -0.1) is 11.3 Å². The van der Waals surface area contributed by atoms with E-state index in [1.165, 1.54) is 21.8 Å². The van der Waals surface area contributed by atoms with Crippen LogP contribution < -0.4 is 20.3 Å². The van der Waals surface area contributed by atoms with Gasteiger partial charge in [0.15, 0.2) is 4.96 Å².